The molecule has 1 aromatic heterocycles. The van der Waals surface area contributed by atoms with E-state index in [-0.39, 0.29) is 0 Å². The molecule has 0 amide bonds. The second kappa shape index (κ2) is 2.70. The molecule has 0 unspecified atom stereocenters. The fourth-order valence-corrected chi connectivity index (χ4v) is 0.565. The second-order valence-corrected chi connectivity index (χ2v) is 1.95. The Morgan fingerprint density at radius 2 is 2.50 bits per heavy atom. The smallest absolute Gasteiger partial charge is 0.254 e. The molecule has 4 heteroatoms. The Hall–Kier alpha value is -1.03. The SMILES string of the molecule is COc1cc([C@H](C)O)on1. The van der Waals surface area contributed by atoms with Crippen LogP contribution in [-0.4, -0.2) is 17.4 Å². The summed E-state index contributed by atoms with van der Waals surface area (Å²) < 4.78 is 9.42. The zero-order valence-electron chi connectivity index (χ0n) is 5.87. The molecule has 10 heavy (non-hydrogen) atoms. The van der Waals surface area contributed by atoms with Crippen molar-refractivity contribution in [2.24, 2.45) is 0 Å². The van der Waals surface area contributed by atoms with Gasteiger partial charge in [0.2, 0.25) is 0 Å². The molecule has 0 aromatic carbocycles. The van der Waals surface area contributed by atoms with Crippen LogP contribution in [0.15, 0.2) is 10.6 Å². The first kappa shape index (κ1) is 7.08. The van der Waals surface area contributed by atoms with Crippen molar-refractivity contribution >= 4 is 0 Å². The van der Waals surface area contributed by atoms with Crippen molar-refractivity contribution in [1.82, 2.24) is 5.16 Å². The fraction of sp³-hybridized carbons (Fsp3) is 0.500. The van der Waals surface area contributed by atoms with E-state index in [4.69, 9.17) is 14.4 Å². The summed E-state index contributed by atoms with van der Waals surface area (Å²) in [5.74, 6) is 0.799. The number of rotatable bonds is 2. The third-order valence-electron chi connectivity index (χ3n) is 1.13. The molecule has 0 aliphatic rings. The van der Waals surface area contributed by atoms with Gasteiger partial charge in [-0.2, -0.15) is 0 Å². The zero-order valence-corrected chi connectivity index (χ0v) is 5.87. The molecule has 0 saturated heterocycles. The monoisotopic (exact) mass is 143 g/mol. The molecule has 1 N–H and O–H groups in total. The van der Waals surface area contributed by atoms with Crippen LogP contribution < -0.4 is 4.74 Å². The maximum absolute atomic E-state index is 8.94. The summed E-state index contributed by atoms with van der Waals surface area (Å²) in [6.45, 7) is 1.60. The van der Waals surface area contributed by atoms with Gasteiger partial charge in [-0.05, 0) is 12.1 Å². The van der Waals surface area contributed by atoms with E-state index in [0.717, 1.165) is 0 Å². The molecule has 4 nitrogen and oxygen atoms in total. The lowest BCUT2D eigenvalue weighted by atomic mass is 10.3. The van der Waals surface area contributed by atoms with E-state index in [2.05, 4.69) is 5.16 Å². The molecule has 0 spiro atoms. The van der Waals surface area contributed by atoms with Gasteiger partial charge in [-0.3, -0.25) is 0 Å². The normalized spacial score (nSPS) is 13.1. The highest BCUT2D eigenvalue weighted by molar-refractivity contribution is 5.11. The van der Waals surface area contributed by atoms with Crippen LogP contribution in [0.3, 0.4) is 0 Å². The van der Waals surface area contributed by atoms with Crippen LogP contribution in [0.4, 0.5) is 0 Å². The number of aliphatic hydroxyl groups is 1. The van der Waals surface area contributed by atoms with Crippen molar-refractivity contribution in [2.75, 3.05) is 7.11 Å². The Bertz CT molecular complexity index is 207. The Morgan fingerprint density at radius 3 is 2.80 bits per heavy atom. The first-order chi connectivity index (χ1) is 4.74. The van der Waals surface area contributed by atoms with Gasteiger partial charge in [0.25, 0.3) is 5.88 Å². The number of aromatic nitrogens is 1. The molecule has 0 aliphatic carbocycles. The van der Waals surface area contributed by atoms with Crippen LogP contribution in [-0.2, 0) is 0 Å². The van der Waals surface area contributed by atoms with Crippen LogP contribution in [0.5, 0.6) is 5.88 Å². The fourth-order valence-electron chi connectivity index (χ4n) is 0.565. The average Bonchev–Trinajstić information content (AvgIpc) is 2.34. The first-order valence-electron chi connectivity index (χ1n) is 2.92. The van der Waals surface area contributed by atoms with Gasteiger partial charge in [-0.25, -0.2) is 0 Å². The number of aliphatic hydroxyl groups excluding tert-OH is 1. The second-order valence-electron chi connectivity index (χ2n) is 1.95. The quantitative estimate of drug-likeness (QED) is 0.663. The summed E-state index contributed by atoms with van der Waals surface area (Å²) in [6.07, 6.45) is -0.628. The Morgan fingerprint density at radius 1 is 1.80 bits per heavy atom. The number of methoxy groups -OCH3 is 1. The van der Waals surface area contributed by atoms with Crippen LogP contribution in [0.25, 0.3) is 0 Å². The zero-order chi connectivity index (χ0) is 7.56. The van der Waals surface area contributed by atoms with E-state index in [1.165, 1.54) is 7.11 Å². The molecular formula is C6H9NO3. The predicted octanol–water partition coefficient (Wildman–Crippen LogP) is 0.736. The standard InChI is InChI=1S/C6H9NO3/c1-4(8)5-3-6(9-2)7-10-5/h3-4,8H,1-2H3/t4-/m0/s1. The van der Waals surface area contributed by atoms with Crippen molar-refractivity contribution in [2.45, 2.75) is 13.0 Å². The van der Waals surface area contributed by atoms with E-state index in [0.29, 0.717) is 11.6 Å². The highest BCUT2D eigenvalue weighted by atomic mass is 16.5. The van der Waals surface area contributed by atoms with Gasteiger partial charge in [0.05, 0.1) is 7.11 Å². The Balaban J connectivity index is 2.78. The van der Waals surface area contributed by atoms with Crippen molar-refractivity contribution in [3.8, 4) is 5.88 Å². The Kier molecular flexibility index (Phi) is 1.91. The van der Waals surface area contributed by atoms with Crippen LogP contribution >= 0.6 is 0 Å². The third kappa shape index (κ3) is 1.27. The summed E-state index contributed by atoms with van der Waals surface area (Å²) in [5.41, 5.74) is 0. The number of nitrogens with zero attached hydrogens (tertiary/aromatic N) is 1. The largest absolute Gasteiger partial charge is 0.479 e. The summed E-state index contributed by atoms with van der Waals surface area (Å²) in [5, 5.41) is 12.4. The molecule has 0 saturated carbocycles. The van der Waals surface area contributed by atoms with Gasteiger partial charge < -0.3 is 14.4 Å². The minimum Gasteiger partial charge on any atom is -0.479 e. The molecule has 0 fully saturated rings. The molecule has 0 aliphatic heterocycles. The summed E-state index contributed by atoms with van der Waals surface area (Å²) in [6, 6.07) is 1.55. The molecule has 1 rings (SSSR count). The highest BCUT2D eigenvalue weighted by Crippen LogP contribution is 2.16. The van der Waals surface area contributed by atoms with Gasteiger partial charge in [-0.1, -0.05) is 0 Å². The van der Waals surface area contributed by atoms with Crippen molar-refractivity contribution < 1.29 is 14.4 Å². The first-order valence-corrected chi connectivity index (χ1v) is 2.92. The summed E-state index contributed by atoms with van der Waals surface area (Å²) in [4.78, 5) is 0. The van der Waals surface area contributed by atoms with Crippen LogP contribution in [0.1, 0.15) is 18.8 Å². The maximum Gasteiger partial charge on any atom is 0.254 e. The Labute approximate surface area is 58.4 Å². The average molecular weight is 143 g/mol. The summed E-state index contributed by atoms with van der Waals surface area (Å²) >= 11 is 0. The van der Waals surface area contributed by atoms with Crippen LogP contribution in [0.2, 0.25) is 0 Å². The third-order valence-corrected chi connectivity index (χ3v) is 1.13. The van der Waals surface area contributed by atoms with Crippen LogP contribution in [0, 0.1) is 0 Å². The highest BCUT2D eigenvalue weighted by Gasteiger charge is 2.07. The molecule has 1 atom stereocenters. The minimum absolute atomic E-state index is 0.385. The number of hydrogen-bond donors (Lipinski definition) is 1. The topological polar surface area (TPSA) is 55.5 Å². The predicted molar refractivity (Wildman–Crippen MR) is 33.7 cm³/mol. The van der Waals surface area contributed by atoms with Gasteiger partial charge in [0, 0.05) is 6.07 Å². The van der Waals surface area contributed by atoms with Gasteiger partial charge >= 0.3 is 0 Å². The molecule has 1 aromatic rings. The van der Waals surface area contributed by atoms with E-state index in [1.807, 2.05) is 0 Å². The lowest BCUT2D eigenvalue weighted by molar-refractivity contribution is 0.157. The van der Waals surface area contributed by atoms with Crippen molar-refractivity contribution in [3.63, 3.8) is 0 Å². The van der Waals surface area contributed by atoms with Gasteiger partial charge in [0.1, 0.15) is 6.10 Å². The van der Waals surface area contributed by atoms with E-state index >= 15 is 0 Å². The lowest BCUT2D eigenvalue weighted by Gasteiger charge is -1.92. The van der Waals surface area contributed by atoms with E-state index < -0.39 is 6.10 Å². The van der Waals surface area contributed by atoms with E-state index in [1.54, 1.807) is 13.0 Å². The van der Waals surface area contributed by atoms with E-state index in [9.17, 15) is 0 Å². The minimum atomic E-state index is -0.628. The lowest BCUT2D eigenvalue weighted by Crippen LogP contribution is -1.85. The molecular weight excluding hydrogens is 134 g/mol. The maximum atomic E-state index is 8.94. The molecule has 0 radical (unpaired) electrons. The van der Waals surface area contributed by atoms with Gasteiger partial charge in [-0.15, -0.1) is 0 Å². The van der Waals surface area contributed by atoms with Gasteiger partial charge in [0.15, 0.2) is 5.76 Å². The molecule has 1 heterocycles. The van der Waals surface area contributed by atoms with Crippen molar-refractivity contribution in [1.29, 1.82) is 0 Å². The number of ether oxygens (including phenoxy) is 1. The number of hydrogen-bond acceptors (Lipinski definition) is 4. The molecule has 0 bridgehead atoms. The summed E-state index contributed by atoms with van der Waals surface area (Å²) in [7, 11) is 1.49. The van der Waals surface area contributed by atoms with Crippen molar-refractivity contribution in [3.05, 3.63) is 11.8 Å². The molecule has 56 valence electrons.